The largest absolute Gasteiger partial charge is 0.499 e. The molecule has 29 heavy (non-hydrogen) atoms. The number of piperidine rings is 1. The first-order chi connectivity index (χ1) is 14.2. The van der Waals surface area contributed by atoms with Crippen molar-refractivity contribution in [2.45, 2.75) is 45.3 Å². The van der Waals surface area contributed by atoms with Crippen LogP contribution in [0.2, 0.25) is 0 Å². The summed E-state index contributed by atoms with van der Waals surface area (Å²) >= 11 is 0. The third-order valence-electron chi connectivity index (χ3n) is 6.13. The summed E-state index contributed by atoms with van der Waals surface area (Å²) in [6.07, 6.45) is 4.51. The van der Waals surface area contributed by atoms with Gasteiger partial charge in [-0.2, -0.15) is 0 Å². The summed E-state index contributed by atoms with van der Waals surface area (Å²) in [6.45, 7) is 11.7. The fraction of sp³-hybridized carbons (Fsp3) is 0.520. The molecule has 2 fully saturated rings. The van der Waals surface area contributed by atoms with Crippen LogP contribution in [0, 0.1) is 5.92 Å². The van der Waals surface area contributed by atoms with E-state index < -0.39 is 0 Å². The Bertz CT molecular complexity index is 820. The van der Waals surface area contributed by atoms with E-state index in [1.807, 2.05) is 6.92 Å². The van der Waals surface area contributed by atoms with E-state index >= 15 is 0 Å². The second kappa shape index (κ2) is 9.64. The fourth-order valence-corrected chi connectivity index (χ4v) is 4.41. The zero-order chi connectivity index (χ0) is 20.1. The zero-order valence-corrected chi connectivity index (χ0v) is 17.6. The van der Waals surface area contributed by atoms with Gasteiger partial charge in [-0.25, -0.2) is 0 Å². The molecule has 0 bridgehead atoms. The predicted octanol–water partition coefficient (Wildman–Crippen LogP) is 5.16. The van der Waals surface area contributed by atoms with Crippen LogP contribution in [0.25, 0.3) is 10.8 Å². The molecule has 0 radical (unpaired) electrons. The van der Waals surface area contributed by atoms with Crippen LogP contribution in [0.5, 0.6) is 5.75 Å². The molecular weight excluding hydrogens is 362 g/mol. The number of nitrogens with zero attached hydrogens (tertiary/aromatic N) is 1. The normalized spacial score (nSPS) is 19.3. The highest BCUT2D eigenvalue weighted by Gasteiger charge is 2.22. The van der Waals surface area contributed by atoms with Crippen LogP contribution in [0.15, 0.2) is 48.7 Å². The summed E-state index contributed by atoms with van der Waals surface area (Å²) in [4.78, 5) is 2.54. The van der Waals surface area contributed by atoms with Gasteiger partial charge in [0.2, 0.25) is 0 Å². The van der Waals surface area contributed by atoms with Gasteiger partial charge in [-0.3, -0.25) is 4.90 Å². The molecule has 0 atom stereocenters. The lowest BCUT2D eigenvalue weighted by atomic mass is 9.95. The van der Waals surface area contributed by atoms with Crippen molar-refractivity contribution >= 4 is 10.8 Å². The summed E-state index contributed by atoms with van der Waals surface area (Å²) < 4.78 is 17.2. The predicted molar refractivity (Wildman–Crippen MR) is 117 cm³/mol. The van der Waals surface area contributed by atoms with Gasteiger partial charge in [-0.1, -0.05) is 24.8 Å². The monoisotopic (exact) mass is 395 g/mol. The lowest BCUT2D eigenvalue weighted by Gasteiger charge is -2.32. The van der Waals surface area contributed by atoms with Gasteiger partial charge in [0.25, 0.3) is 0 Å². The van der Waals surface area contributed by atoms with Crippen LogP contribution < -0.4 is 4.74 Å². The molecule has 2 aromatic carbocycles. The minimum atomic E-state index is 0.280. The van der Waals surface area contributed by atoms with Crippen LogP contribution >= 0.6 is 0 Å². The molecular formula is C25H33NO3. The fourth-order valence-electron chi connectivity index (χ4n) is 4.41. The zero-order valence-electron chi connectivity index (χ0n) is 17.6. The van der Waals surface area contributed by atoms with Crippen LogP contribution in [-0.4, -0.2) is 43.9 Å². The average Bonchev–Trinajstić information content (AvgIpc) is 2.75. The van der Waals surface area contributed by atoms with E-state index in [0.29, 0.717) is 5.92 Å². The molecule has 4 heteroatoms. The first-order valence-corrected chi connectivity index (χ1v) is 11.0. The number of ether oxygens (including phenoxy) is 3. The summed E-state index contributed by atoms with van der Waals surface area (Å²) in [6, 6.07) is 13.3. The Labute approximate surface area is 174 Å². The van der Waals surface area contributed by atoms with Gasteiger partial charge in [-0.05, 0) is 67.4 Å². The van der Waals surface area contributed by atoms with Crippen molar-refractivity contribution in [2.75, 3.05) is 32.9 Å². The molecule has 2 saturated heterocycles. The van der Waals surface area contributed by atoms with Gasteiger partial charge in [0.15, 0.2) is 0 Å². The molecule has 4 rings (SSSR count). The van der Waals surface area contributed by atoms with E-state index in [1.165, 1.54) is 16.3 Å². The van der Waals surface area contributed by atoms with Gasteiger partial charge in [0, 0.05) is 25.3 Å². The van der Waals surface area contributed by atoms with Crippen molar-refractivity contribution in [3.8, 4) is 5.75 Å². The first-order valence-electron chi connectivity index (χ1n) is 11.0. The molecule has 0 spiro atoms. The van der Waals surface area contributed by atoms with E-state index in [9.17, 15) is 0 Å². The number of benzene rings is 2. The van der Waals surface area contributed by atoms with E-state index in [1.54, 1.807) is 0 Å². The minimum Gasteiger partial charge on any atom is -0.499 e. The van der Waals surface area contributed by atoms with Crippen molar-refractivity contribution in [3.63, 3.8) is 0 Å². The van der Waals surface area contributed by atoms with Crippen LogP contribution in [0.1, 0.15) is 38.2 Å². The average molecular weight is 396 g/mol. The number of allylic oxidation sites excluding steroid dienone is 1. The Morgan fingerprint density at radius 2 is 1.76 bits per heavy atom. The Kier molecular flexibility index (Phi) is 6.73. The van der Waals surface area contributed by atoms with Crippen LogP contribution in [0.3, 0.4) is 0 Å². The Balaban J connectivity index is 1.34. The lowest BCUT2D eigenvalue weighted by molar-refractivity contribution is 0.0256. The summed E-state index contributed by atoms with van der Waals surface area (Å²) in [5.41, 5.74) is 1.37. The highest BCUT2D eigenvalue weighted by Crippen LogP contribution is 2.27. The summed E-state index contributed by atoms with van der Waals surface area (Å²) in [7, 11) is 0. The maximum Gasteiger partial charge on any atom is 0.120 e. The minimum absolute atomic E-state index is 0.280. The number of hydrogen-bond donors (Lipinski definition) is 0. The number of fused-ring (bicyclic) bond motifs is 1. The van der Waals surface area contributed by atoms with Gasteiger partial charge in [0.1, 0.15) is 11.9 Å². The molecule has 4 nitrogen and oxygen atoms in total. The molecule has 2 aromatic rings. The van der Waals surface area contributed by atoms with Crippen molar-refractivity contribution in [1.82, 2.24) is 4.90 Å². The molecule has 0 aromatic heterocycles. The van der Waals surface area contributed by atoms with Gasteiger partial charge >= 0.3 is 0 Å². The number of hydrogen-bond acceptors (Lipinski definition) is 4. The standard InChI is InChI=1S/C25H33NO3/c1-3-28-19(2)21-8-12-26(13-9-21)18-20-4-5-23-17-25(7-6-22(23)16-20)29-24-10-14-27-15-11-24/h4-7,16-17,21,24H,2-3,8-15,18H2,1H3. The Morgan fingerprint density at radius 1 is 1.03 bits per heavy atom. The molecule has 156 valence electrons. The second-order valence-electron chi connectivity index (χ2n) is 8.22. The molecule has 0 unspecified atom stereocenters. The molecule has 0 saturated carbocycles. The highest BCUT2D eigenvalue weighted by atomic mass is 16.5. The molecule has 0 amide bonds. The topological polar surface area (TPSA) is 30.9 Å². The lowest BCUT2D eigenvalue weighted by Crippen LogP contribution is -2.34. The van der Waals surface area contributed by atoms with Crippen molar-refractivity contribution in [1.29, 1.82) is 0 Å². The maximum absolute atomic E-state index is 6.16. The number of rotatable bonds is 7. The van der Waals surface area contributed by atoms with Gasteiger partial charge in [0.05, 0.1) is 25.6 Å². The molecule has 2 heterocycles. The SMILES string of the molecule is C=C(OCC)C1CCN(Cc2ccc3cc(OC4CCOCC4)ccc3c2)CC1. The van der Waals surface area contributed by atoms with Gasteiger partial charge < -0.3 is 14.2 Å². The van der Waals surface area contributed by atoms with E-state index in [2.05, 4.69) is 47.9 Å². The Morgan fingerprint density at radius 3 is 2.52 bits per heavy atom. The van der Waals surface area contributed by atoms with E-state index in [-0.39, 0.29) is 6.10 Å². The quantitative estimate of drug-likeness (QED) is 0.606. The first kappa shape index (κ1) is 20.2. The van der Waals surface area contributed by atoms with Crippen molar-refractivity contribution < 1.29 is 14.2 Å². The maximum atomic E-state index is 6.16. The third-order valence-corrected chi connectivity index (χ3v) is 6.13. The van der Waals surface area contributed by atoms with E-state index in [4.69, 9.17) is 14.2 Å². The molecule has 2 aliphatic heterocycles. The number of likely N-dealkylation sites (tertiary alicyclic amines) is 1. The van der Waals surface area contributed by atoms with Gasteiger partial charge in [-0.15, -0.1) is 0 Å². The smallest absolute Gasteiger partial charge is 0.120 e. The van der Waals surface area contributed by atoms with Crippen molar-refractivity contribution in [2.24, 2.45) is 5.92 Å². The van der Waals surface area contributed by atoms with Crippen LogP contribution in [-0.2, 0) is 16.0 Å². The van der Waals surface area contributed by atoms with E-state index in [0.717, 1.165) is 76.6 Å². The Hall–Kier alpha value is -2.04. The molecule has 2 aliphatic rings. The second-order valence-corrected chi connectivity index (χ2v) is 8.22. The highest BCUT2D eigenvalue weighted by molar-refractivity contribution is 5.84. The summed E-state index contributed by atoms with van der Waals surface area (Å²) in [5.74, 6) is 2.45. The summed E-state index contributed by atoms with van der Waals surface area (Å²) in [5, 5.41) is 2.52. The van der Waals surface area contributed by atoms with Crippen molar-refractivity contribution in [3.05, 3.63) is 54.3 Å². The molecule has 0 N–H and O–H groups in total. The third kappa shape index (κ3) is 5.31. The van der Waals surface area contributed by atoms with Crippen LogP contribution in [0.4, 0.5) is 0 Å². The molecule has 0 aliphatic carbocycles.